The standard InChI is InChI=1S/C23H24F3NO4/c1-15-7-8-17(23(24,25)26)9-20(15)22(29)10-18-13-30-14-19(11-22)27(18)21(28)31-12-16-5-3-2-4-6-16/h2-9,18-19,29H,10-14H2,1H3. The molecular weight excluding hydrogens is 411 g/mol. The highest BCUT2D eigenvalue weighted by Gasteiger charge is 2.50. The predicted molar refractivity (Wildman–Crippen MR) is 106 cm³/mol. The quantitative estimate of drug-likeness (QED) is 0.777. The molecule has 2 aromatic carbocycles. The fraction of sp³-hybridized carbons (Fsp3) is 0.435. The maximum Gasteiger partial charge on any atom is 0.416 e. The van der Waals surface area contributed by atoms with Gasteiger partial charge in [-0.05, 0) is 35.7 Å². The minimum Gasteiger partial charge on any atom is -0.445 e. The molecule has 2 fully saturated rings. The molecule has 166 valence electrons. The summed E-state index contributed by atoms with van der Waals surface area (Å²) in [4.78, 5) is 14.4. The van der Waals surface area contributed by atoms with Crippen molar-refractivity contribution in [3.8, 4) is 0 Å². The number of hydrogen-bond acceptors (Lipinski definition) is 4. The Morgan fingerprint density at radius 1 is 1.16 bits per heavy atom. The maximum atomic E-state index is 13.2. The van der Waals surface area contributed by atoms with E-state index in [1.807, 2.05) is 30.3 Å². The van der Waals surface area contributed by atoms with Crippen LogP contribution in [-0.4, -0.2) is 41.4 Å². The molecule has 4 rings (SSSR count). The van der Waals surface area contributed by atoms with E-state index in [9.17, 15) is 23.1 Å². The normalized spacial score (nSPS) is 25.9. The Morgan fingerprint density at radius 3 is 2.42 bits per heavy atom. The number of morpholine rings is 1. The van der Waals surface area contributed by atoms with Crippen LogP contribution in [0.2, 0.25) is 0 Å². The van der Waals surface area contributed by atoms with Gasteiger partial charge in [-0.3, -0.25) is 4.90 Å². The summed E-state index contributed by atoms with van der Waals surface area (Å²) in [5, 5.41) is 11.4. The fourth-order valence-electron chi connectivity index (χ4n) is 4.59. The van der Waals surface area contributed by atoms with Gasteiger partial charge in [0.2, 0.25) is 0 Å². The topological polar surface area (TPSA) is 59.0 Å². The van der Waals surface area contributed by atoms with E-state index in [2.05, 4.69) is 0 Å². The van der Waals surface area contributed by atoms with Gasteiger partial charge in [0, 0.05) is 12.8 Å². The van der Waals surface area contributed by atoms with Crippen LogP contribution in [-0.2, 0) is 27.9 Å². The summed E-state index contributed by atoms with van der Waals surface area (Å²) in [7, 11) is 0. The van der Waals surface area contributed by atoms with Crippen LogP contribution in [0, 0.1) is 6.92 Å². The zero-order chi connectivity index (χ0) is 22.2. The van der Waals surface area contributed by atoms with E-state index in [1.54, 1.807) is 11.8 Å². The highest BCUT2D eigenvalue weighted by molar-refractivity contribution is 5.69. The number of halogens is 3. The van der Waals surface area contributed by atoms with Crippen LogP contribution in [0.4, 0.5) is 18.0 Å². The molecule has 2 unspecified atom stereocenters. The van der Waals surface area contributed by atoms with Crippen molar-refractivity contribution in [2.24, 2.45) is 0 Å². The van der Waals surface area contributed by atoms with E-state index in [1.165, 1.54) is 6.07 Å². The lowest BCUT2D eigenvalue weighted by Gasteiger charge is -2.51. The highest BCUT2D eigenvalue weighted by Crippen LogP contribution is 2.44. The number of aryl methyl sites for hydroxylation is 1. The van der Waals surface area contributed by atoms with Gasteiger partial charge in [-0.15, -0.1) is 0 Å². The maximum absolute atomic E-state index is 13.2. The molecule has 0 spiro atoms. The summed E-state index contributed by atoms with van der Waals surface area (Å²) in [6.45, 7) is 2.18. The monoisotopic (exact) mass is 435 g/mol. The van der Waals surface area contributed by atoms with Crippen molar-refractivity contribution in [3.63, 3.8) is 0 Å². The molecule has 0 radical (unpaired) electrons. The minimum absolute atomic E-state index is 0.0755. The van der Waals surface area contributed by atoms with E-state index in [4.69, 9.17) is 9.47 Å². The van der Waals surface area contributed by atoms with Crippen molar-refractivity contribution in [2.75, 3.05) is 13.2 Å². The summed E-state index contributed by atoms with van der Waals surface area (Å²) < 4.78 is 50.8. The van der Waals surface area contributed by atoms with Gasteiger partial charge >= 0.3 is 12.3 Å². The highest BCUT2D eigenvalue weighted by atomic mass is 19.4. The van der Waals surface area contributed by atoms with Crippen molar-refractivity contribution >= 4 is 6.09 Å². The Bertz CT molecular complexity index is 934. The van der Waals surface area contributed by atoms with Crippen LogP contribution < -0.4 is 0 Å². The number of rotatable bonds is 3. The first-order chi connectivity index (χ1) is 14.7. The zero-order valence-corrected chi connectivity index (χ0v) is 17.1. The van der Waals surface area contributed by atoms with Gasteiger partial charge in [0.05, 0.1) is 36.5 Å². The number of hydrogen-bond donors (Lipinski definition) is 1. The molecule has 1 amide bonds. The van der Waals surface area contributed by atoms with Crippen LogP contribution in [0.25, 0.3) is 0 Å². The number of aliphatic hydroxyl groups is 1. The van der Waals surface area contributed by atoms with Gasteiger partial charge in [0.15, 0.2) is 0 Å². The van der Waals surface area contributed by atoms with E-state index in [-0.39, 0.29) is 38.2 Å². The lowest BCUT2D eigenvalue weighted by molar-refractivity contribution is -0.140. The second-order valence-electron chi connectivity index (χ2n) is 8.26. The van der Waals surface area contributed by atoms with E-state index < -0.39 is 35.5 Å². The number of amides is 1. The molecule has 8 heteroatoms. The van der Waals surface area contributed by atoms with Crippen LogP contribution in [0.15, 0.2) is 48.5 Å². The lowest BCUT2D eigenvalue weighted by atomic mass is 9.75. The number of piperidine rings is 1. The number of fused-ring (bicyclic) bond motifs is 2. The lowest BCUT2D eigenvalue weighted by Crippen LogP contribution is -2.62. The molecule has 31 heavy (non-hydrogen) atoms. The summed E-state index contributed by atoms with van der Waals surface area (Å²) >= 11 is 0. The first-order valence-electron chi connectivity index (χ1n) is 10.1. The minimum atomic E-state index is -4.50. The Kier molecular flexibility index (Phi) is 5.70. The van der Waals surface area contributed by atoms with Gasteiger partial charge < -0.3 is 14.6 Å². The third-order valence-corrected chi connectivity index (χ3v) is 6.04. The first-order valence-corrected chi connectivity index (χ1v) is 10.1. The molecule has 1 N–H and O–H groups in total. The van der Waals surface area contributed by atoms with Gasteiger partial charge in [-0.1, -0.05) is 36.4 Å². The van der Waals surface area contributed by atoms with Crippen LogP contribution in [0.5, 0.6) is 0 Å². The molecule has 2 bridgehead atoms. The molecule has 2 atom stereocenters. The molecule has 2 aliphatic rings. The molecule has 0 aliphatic carbocycles. The molecule has 5 nitrogen and oxygen atoms in total. The summed E-state index contributed by atoms with van der Waals surface area (Å²) in [5.41, 5.74) is -0.607. The Balaban J connectivity index is 1.55. The third-order valence-electron chi connectivity index (χ3n) is 6.04. The average Bonchev–Trinajstić information content (AvgIpc) is 2.71. The molecule has 2 aliphatic heterocycles. The van der Waals surface area contributed by atoms with Crippen molar-refractivity contribution in [3.05, 3.63) is 70.8 Å². The molecule has 0 aromatic heterocycles. The smallest absolute Gasteiger partial charge is 0.416 e. The van der Waals surface area contributed by atoms with Crippen molar-refractivity contribution in [1.82, 2.24) is 4.90 Å². The molecule has 2 aromatic rings. The third kappa shape index (κ3) is 4.41. The van der Waals surface area contributed by atoms with Crippen molar-refractivity contribution in [2.45, 2.75) is 50.2 Å². The Morgan fingerprint density at radius 2 is 1.81 bits per heavy atom. The number of nitrogens with zero attached hydrogens (tertiary/aromatic N) is 1. The van der Waals surface area contributed by atoms with E-state index in [0.717, 1.165) is 17.7 Å². The number of carbonyl (C=O) groups is 1. The molecular formula is C23H24F3NO4. The number of ether oxygens (including phenoxy) is 2. The fourth-order valence-corrected chi connectivity index (χ4v) is 4.59. The van der Waals surface area contributed by atoms with E-state index >= 15 is 0 Å². The van der Waals surface area contributed by atoms with Crippen LogP contribution in [0.1, 0.15) is 35.1 Å². The molecule has 2 heterocycles. The molecule has 2 saturated heterocycles. The van der Waals surface area contributed by atoms with Gasteiger partial charge in [-0.2, -0.15) is 13.2 Å². The van der Waals surface area contributed by atoms with Crippen LogP contribution >= 0.6 is 0 Å². The van der Waals surface area contributed by atoms with Gasteiger partial charge in [-0.25, -0.2) is 4.79 Å². The van der Waals surface area contributed by atoms with Crippen LogP contribution in [0.3, 0.4) is 0 Å². The second-order valence-corrected chi connectivity index (χ2v) is 8.26. The van der Waals surface area contributed by atoms with E-state index in [0.29, 0.717) is 5.56 Å². The van der Waals surface area contributed by atoms with Crippen molar-refractivity contribution in [1.29, 1.82) is 0 Å². The Labute approximate surface area is 178 Å². The molecule has 0 saturated carbocycles. The van der Waals surface area contributed by atoms with Gasteiger partial charge in [0.1, 0.15) is 6.61 Å². The zero-order valence-electron chi connectivity index (χ0n) is 17.1. The Hall–Kier alpha value is -2.58. The first kappa shape index (κ1) is 21.6. The van der Waals surface area contributed by atoms with Gasteiger partial charge in [0.25, 0.3) is 0 Å². The average molecular weight is 435 g/mol. The summed E-state index contributed by atoms with van der Waals surface area (Å²) in [5.74, 6) is 0. The number of alkyl halides is 3. The largest absolute Gasteiger partial charge is 0.445 e. The SMILES string of the molecule is Cc1ccc(C(F)(F)F)cc1C1(O)CC2COCC(C1)N2C(=O)OCc1ccccc1. The summed E-state index contributed by atoms with van der Waals surface area (Å²) in [6.07, 6.45) is -4.86. The summed E-state index contributed by atoms with van der Waals surface area (Å²) in [6, 6.07) is 11.7. The predicted octanol–water partition coefficient (Wildman–Crippen LogP) is 4.40. The number of carbonyl (C=O) groups excluding carboxylic acids is 1. The van der Waals surface area contributed by atoms with Crippen molar-refractivity contribution < 1.29 is 32.5 Å². The number of benzene rings is 2. The second kappa shape index (κ2) is 8.16.